The molecule has 1 N–H and O–H groups in total. The molecule has 1 saturated heterocycles. The number of halogens is 1. The van der Waals surface area contributed by atoms with Crippen LogP contribution in [0.25, 0.3) is 11.3 Å². The fourth-order valence-electron chi connectivity index (χ4n) is 4.14. The minimum absolute atomic E-state index is 0.0642. The number of piperidine rings is 1. The molecule has 1 amide bonds. The van der Waals surface area contributed by atoms with Gasteiger partial charge in [-0.25, -0.2) is 17.8 Å². The smallest absolute Gasteiger partial charge is 0.243 e. The molecule has 1 aliphatic carbocycles. The second-order valence-electron chi connectivity index (χ2n) is 7.75. The number of nitrogens with one attached hydrogen (secondary N) is 1. The number of amides is 1. The van der Waals surface area contributed by atoms with Crippen LogP contribution in [0.4, 0.5) is 9.52 Å². The largest absolute Gasteiger partial charge is 0.302 e. The summed E-state index contributed by atoms with van der Waals surface area (Å²) in [5, 5.41) is 3.51. The number of hydrogen-bond acceptors (Lipinski definition) is 5. The summed E-state index contributed by atoms with van der Waals surface area (Å²) in [6.07, 6.45) is 1.69. The molecule has 2 aromatic carbocycles. The van der Waals surface area contributed by atoms with E-state index in [1.165, 1.54) is 33.3 Å². The Kier molecular flexibility index (Phi) is 5.11. The SMILES string of the molecule is O=C(Nc1nc2c(s1)Cc1ccccc1-2)C1CCN(S(=O)(=O)c2ccc(F)cc2)CC1. The summed E-state index contributed by atoms with van der Waals surface area (Å²) in [6, 6.07) is 12.9. The molecule has 6 nitrogen and oxygen atoms in total. The van der Waals surface area contributed by atoms with Crippen LogP contribution < -0.4 is 5.32 Å². The van der Waals surface area contributed by atoms with E-state index in [1.807, 2.05) is 18.2 Å². The Hall–Kier alpha value is -2.62. The lowest BCUT2D eigenvalue weighted by Crippen LogP contribution is -2.41. The summed E-state index contributed by atoms with van der Waals surface area (Å²) < 4.78 is 39.9. The van der Waals surface area contributed by atoms with E-state index in [4.69, 9.17) is 0 Å². The summed E-state index contributed by atoms with van der Waals surface area (Å²) in [5.74, 6) is -0.879. The monoisotopic (exact) mass is 457 g/mol. The zero-order chi connectivity index (χ0) is 21.6. The third-order valence-corrected chi connectivity index (χ3v) is 8.71. The third kappa shape index (κ3) is 3.77. The Labute approximate surface area is 183 Å². The molecule has 0 atom stereocenters. The van der Waals surface area contributed by atoms with Gasteiger partial charge in [0.15, 0.2) is 5.13 Å². The van der Waals surface area contributed by atoms with Crippen molar-refractivity contribution in [1.82, 2.24) is 9.29 Å². The molecular formula is C22H20FN3O3S2. The molecule has 0 bridgehead atoms. The van der Waals surface area contributed by atoms with Crippen LogP contribution in [0, 0.1) is 11.7 Å². The van der Waals surface area contributed by atoms with E-state index in [0.29, 0.717) is 18.0 Å². The van der Waals surface area contributed by atoms with Gasteiger partial charge >= 0.3 is 0 Å². The summed E-state index contributed by atoms with van der Waals surface area (Å²) >= 11 is 1.49. The first-order chi connectivity index (χ1) is 14.9. The van der Waals surface area contributed by atoms with Crippen molar-refractivity contribution in [1.29, 1.82) is 0 Å². The van der Waals surface area contributed by atoms with E-state index in [2.05, 4.69) is 16.4 Å². The molecule has 5 rings (SSSR count). The maximum Gasteiger partial charge on any atom is 0.243 e. The van der Waals surface area contributed by atoms with Crippen molar-refractivity contribution < 1.29 is 17.6 Å². The highest BCUT2D eigenvalue weighted by atomic mass is 32.2. The number of aromatic nitrogens is 1. The Balaban J connectivity index is 1.22. The van der Waals surface area contributed by atoms with Gasteiger partial charge in [-0.1, -0.05) is 24.3 Å². The van der Waals surface area contributed by atoms with E-state index >= 15 is 0 Å². The summed E-state index contributed by atoms with van der Waals surface area (Å²) in [5.41, 5.74) is 3.31. The summed E-state index contributed by atoms with van der Waals surface area (Å²) in [4.78, 5) is 18.6. The average molecular weight is 458 g/mol. The molecule has 0 unspecified atom stereocenters. The van der Waals surface area contributed by atoms with Gasteiger partial charge in [0.1, 0.15) is 5.82 Å². The number of sulfonamides is 1. The Morgan fingerprint density at radius 2 is 1.81 bits per heavy atom. The fraction of sp³-hybridized carbons (Fsp3) is 0.273. The number of anilines is 1. The van der Waals surface area contributed by atoms with Gasteiger partial charge in [-0.15, -0.1) is 11.3 Å². The van der Waals surface area contributed by atoms with Gasteiger partial charge in [-0.05, 0) is 42.7 Å². The van der Waals surface area contributed by atoms with Gasteiger partial charge in [0.2, 0.25) is 15.9 Å². The molecule has 2 aliphatic rings. The molecule has 1 fully saturated rings. The first-order valence-corrected chi connectivity index (χ1v) is 12.3. The molecular weight excluding hydrogens is 437 g/mol. The first kappa shape index (κ1) is 20.3. The van der Waals surface area contributed by atoms with Gasteiger partial charge in [-0.3, -0.25) is 4.79 Å². The van der Waals surface area contributed by atoms with Crippen LogP contribution in [0.2, 0.25) is 0 Å². The van der Waals surface area contributed by atoms with Crippen LogP contribution in [0.1, 0.15) is 23.3 Å². The zero-order valence-electron chi connectivity index (χ0n) is 16.5. The zero-order valence-corrected chi connectivity index (χ0v) is 18.2. The predicted octanol–water partition coefficient (Wildman–Crippen LogP) is 3.89. The number of benzene rings is 2. The number of carbonyl (C=O) groups is 1. The molecule has 0 spiro atoms. The number of carbonyl (C=O) groups excluding carboxylic acids is 1. The maximum atomic E-state index is 13.1. The number of fused-ring (bicyclic) bond motifs is 3. The van der Waals surface area contributed by atoms with E-state index in [1.54, 1.807) is 0 Å². The van der Waals surface area contributed by atoms with Gasteiger partial charge in [0, 0.05) is 35.9 Å². The minimum atomic E-state index is -3.69. The first-order valence-electron chi connectivity index (χ1n) is 10.1. The van der Waals surface area contributed by atoms with Crippen LogP contribution in [0.5, 0.6) is 0 Å². The quantitative estimate of drug-likeness (QED) is 0.504. The second kappa shape index (κ2) is 7.81. The highest BCUT2D eigenvalue weighted by Crippen LogP contribution is 2.41. The van der Waals surface area contributed by atoms with Crippen molar-refractivity contribution in [2.75, 3.05) is 18.4 Å². The van der Waals surface area contributed by atoms with Gasteiger partial charge < -0.3 is 5.32 Å². The molecule has 1 aliphatic heterocycles. The van der Waals surface area contributed by atoms with Crippen LogP contribution in [-0.2, 0) is 21.2 Å². The van der Waals surface area contributed by atoms with Gasteiger partial charge in [0.05, 0.1) is 10.6 Å². The fourth-order valence-corrected chi connectivity index (χ4v) is 6.61. The Morgan fingerprint density at radius 3 is 2.55 bits per heavy atom. The van der Waals surface area contributed by atoms with Gasteiger partial charge in [0.25, 0.3) is 0 Å². The van der Waals surface area contributed by atoms with Crippen LogP contribution >= 0.6 is 11.3 Å². The van der Waals surface area contributed by atoms with E-state index in [9.17, 15) is 17.6 Å². The van der Waals surface area contributed by atoms with E-state index in [0.717, 1.165) is 34.7 Å². The highest BCUT2D eigenvalue weighted by Gasteiger charge is 2.33. The number of thiazole rings is 1. The lowest BCUT2D eigenvalue weighted by molar-refractivity contribution is -0.120. The Bertz CT molecular complexity index is 1250. The normalized spacial score (nSPS) is 16.7. The lowest BCUT2D eigenvalue weighted by Gasteiger charge is -2.30. The Morgan fingerprint density at radius 1 is 1.10 bits per heavy atom. The summed E-state index contributed by atoms with van der Waals surface area (Å²) in [6.45, 7) is 0.499. The van der Waals surface area contributed by atoms with Crippen LogP contribution in [0.15, 0.2) is 53.4 Å². The highest BCUT2D eigenvalue weighted by molar-refractivity contribution is 7.89. The van der Waals surface area contributed by atoms with E-state index < -0.39 is 15.8 Å². The van der Waals surface area contributed by atoms with Crippen molar-refractivity contribution in [2.24, 2.45) is 5.92 Å². The molecule has 3 aromatic rings. The van der Waals surface area contributed by atoms with Crippen LogP contribution in [0.3, 0.4) is 0 Å². The van der Waals surface area contributed by atoms with Crippen molar-refractivity contribution in [3.05, 3.63) is 64.8 Å². The lowest BCUT2D eigenvalue weighted by atomic mass is 9.97. The number of nitrogens with zero attached hydrogens (tertiary/aromatic N) is 2. The average Bonchev–Trinajstić information content (AvgIpc) is 3.31. The maximum absolute atomic E-state index is 13.1. The van der Waals surface area contributed by atoms with Crippen LogP contribution in [-0.4, -0.2) is 36.7 Å². The molecule has 1 aromatic heterocycles. The standard InChI is InChI=1S/C22H20FN3O3S2/c23-16-5-7-17(8-6-16)31(28,29)26-11-9-14(10-12-26)21(27)25-22-24-20-18-4-2-1-3-15(18)13-19(20)30-22/h1-8,14H,9-13H2,(H,24,25,27). The molecule has 2 heterocycles. The second-order valence-corrected chi connectivity index (χ2v) is 10.8. The van der Waals surface area contributed by atoms with Crippen molar-refractivity contribution >= 4 is 32.4 Å². The summed E-state index contributed by atoms with van der Waals surface area (Å²) in [7, 11) is -3.69. The predicted molar refractivity (Wildman–Crippen MR) is 117 cm³/mol. The van der Waals surface area contributed by atoms with Crippen molar-refractivity contribution in [2.45, 2.75) is 24.2 Å². The third-order valence-electron chi connectivity index (χ3n) is 5.83. The minimum Gasteiger partial charge on any atom is -0.302 e. The molecule has 9 heteroatoms. The number of rotatable bonds is 4. The number of hydrogen-bond donors (Lipinski definition) is 1. The molecule has 0 radical (unpaired) electrons. The molecule has 160 valence electrons. The van der Waals surface area contributed by atoms with Crippen molar-refractivity contribution in [3.63, 3.8) is 0 Å². The molecule has 31 heavy (non-hydrogen) atoms. The topological polar surface area (TPSA) is 79.4 Å². The van der Waals surface area contributed by atoms with Gasteiger partial charge in [-0.2, -0.15) is 4.31 Å². The molecule has 0 saturated carbocycles. The van der Waals surface area contributed by atoms with Crippen molar-refractivity contribution in [3.8, 4) is 11.3 Å². The van der Waals surface area contributed by atoms with E-state index in [-0.39, 0.29) is 29.8 Å².